The molecule has 1 fully saturated rings. The Morgan fingerprint density at radius 1 is 1.16 bits per heavy atom. The number of carbonyl (C=O) groups excluding carboxylic acids is 3. The zero-order valence-corrected chi connectivity index (χ0v) is 16.7. The first-order valence-corrected chi connectivity index (χ1v) is 9.87. The number of carbonyl (C=O) groups is 3. The predicted molar refractivity (Wildman–Crippen MR) is 110 cm³/mol. The molecular formula is C22H22N2O7. The van der Waals surface area contributed by atoms with Gasteiger partial charge in [-0.25, -0.2) is 0 Å². The summed E-state index contributed by atoms with van der Waals surface area (Å²) >= 11 is 0. The number of benzene rings is 2. The highest BCUT2D eigenvalue weighted by Crippen LogP contribution is 2.26. The van der Waals surface area contributed by atoms with Crippen LogP contribution in [0, 0.1) is 16.0 Å². The highest BCUT2D eigenvalue weighted by atomic mass is 16.7. The maximum atomic E-state index is 12.4. The van der Waals surface area contributed by atoms with Crippen molar-refractivity contribution >= 4 is 23.9 Å². The number of hydrogen-bond acceptors (Lipinski definition) is 7. The molecule has 1 aliphatic rings. The SMILES string of the molecule is O=Cc1cc([N+](=O)[O-])ccc1OCOC(=O)[C@H]1CCC[C@H](NC(=O)c2ccccc2)C1. The maximum Gasteiger partial charge on any atom is 0.311 e. The molecule has 0 saturated heterocycles. The number of non-ortho nitro benzene ring substituents is 1. The van der Waals surface area contributed by atoms with E-state index >= 15 is 0 Å². The van der Waals surface area contributed by atoms with Gasteiger partial charge in [0, 0.05) is 23.7 Å². The van der Waals surface area contributed by atoms with Gasteiger partial charge in [-0.15, -0.1) is 0 Å². The third-order valence-electron chi connectivity index (χ3n) is 5.13. The van der Waals surface area contributed by atoms with Gasteiger partial charge in [-0.05, 0) is 37.5 Å². The first-order chi connectivity index (χ1) is 15.0. The van der Waals surface area contributed by atoms with Gasteiger partial charge in [0.25, 0.3) is 11.6 Å². The number of nitro benzene ring substituents is 1. The first-order valence-electron chi connectivity index (χ1n) is 9.87. The Bertz CT molecular complexity index is 962. The van der Waals surface area contributed by atoms with E-state index in [0.717, 1.165) is 18.9 Å². The molecule has 9 heteroatoms. The molecule has 2 aromatic carbocycles. The summed E-state index contributed by atoms with van der Waals surface area (Å²) in [5.41, 5.74) is 0.318. The van der Waals surface area contributed by atoms with E-state index in [1.54, 1.807) is 24.3 Å². The van der Waals surface area contributed by atoms with Crippen LogP contribution in [-0.2, 0) is 9.53 Å². The number of nitrogens with one attached hydrogen (secondary N) is 1. The standard InChI is InChI=1S/C22H22N2O7/c25-13-17-12-19(24(28)29)9-10-20(17)30-14-31-22(27)16-7-4-8-18(11-16)23-21(26)15-5-2-1-3-6-15/h1-3,5-6,9-10,12-13,16,18H,4,7-8,11,14H2,(H,23,26)/t16-,18-/m0/s1. The van der Waals surface area contributed by atoms with E-state index in [4.69, 9.17) is 9.47 Å². The lowest BCUT2D eigenvalue weighted by atomic mass is 9.85. The summed E-state index contributed by atoms with van der Waals surface area (Å²) < 4.78 is 10.5. The van der Waals surface area contributed by atoms with Crippen LogP contribution < -0.4 is 10.1 Å². The van der Waals surface area contributed by atoms with E-state index in [1.165, 1.54) is 12.1 Å². The number of aldehydes is 1. The molecule has 1 saturated carbocycles. The minimum Gasteiger partial charge on any atom is -0.457 e. The van der Waals surface area contributed by atoms with Crippen molar-refractivity contribution in [2.45, 2.75) is 31.7 Å². The molecule has 3 rings (SSSR count). The maximum absolute atomic E-state index is 12.4. The molecular weight excluding hydrogens is 404 g/mol. The van der Waals surface area contributed by atoms with Crippen LogP contribution in [0.3, 0.4) is 0 Å². The van der Waals surface area contributed by atoms with Crippen molar-refractivity contribution in [1.29, 1.82) is 0 Å². The van der Waals surface area contributed by atoms with E-state index in [2.05, 4.69) is 5.32 Å². The van der Waals surface area contributed by atoms with Crippen LogP contribution in [0.15, 0.2) is 48.5 Å². The number of nitro groups is 1. The summed E-state index contributed by atoms with van der Waals surface area (Å²) in [5, 5.41) is 13.7. The quantitative estimate of drug-likeness (QED) is 0.226. The molecule has 0 heterocycles. The molecule has 1 amide bonds. The summed E-state index contributed by atoms with van der Waals surface area (Å²) in [6, 6.07) is 12.3. The molecule has 0 bridgehead atoms. The number of ether oxygens (including phenoxy) is 2. The minimum absolute atomic E-state index is 0.00777. The van der Waals surface area contributed by atoms with Crippen molar-refractivity contribution < 1.29 is 28.8 Å². The Hall–Kier alpha value is -3.75. The zero-order valence-electron chi connectivity index (χ0n) is 16.7. The minimum atomic E-state index is -0.618. The molecule has 0 aromatic heterocycles. The van der Waals surface area contributed by atoms with Gasteiger partial charge in [0.1, 0.15) is 5.75 Å². The lowest BCUT2D eigenvalue weighted by Crippen LogP contribution is -2.40. The monoisotopic (exact) mass is 426 g/mol. The molecule has 1 N–H and O–H groups in total. The molecule has 2 aromatic rings. The van der Waals surface area contributed by atoms with E-state index in [9.17, 15) is 24.5 Å². The number of nitrogens with zero attached hydrogens (tertiary/aromatic N) is 1. The van der Waals surface area contributed by atoms with E-state index in [1.807, 2.05) is 6.07 Å². The number of rotatable bonds is 8. The molecule has 0 aliphatic heterocycles. The molecule has 162 valence electrons. The average Bonchev–Trinajstić information content (AvgIpc) is 2.79. The van der Waals surface area contributed by atoms with E-state index < -0.39 is 17.7 Å². The molecule has 2 atom stereocenters. The second-order valence-electron chi connectivity index (χ2n) is 7.22. The fourth-order valence-corrected chi connectivity index (χ4v) is 3.54. The van der Waals surface area contributed by atoms with Crippen LogP contribution in [0.2, 0.25) is 0 Å². The van der Waals surface area contributed by atoms with E-state index in [-0.39, 0.29) is 34.9 Å². The fourth-order valence-electron chi connectivity index (χ4n) is 3.54. The van der Waals surface area contributed by atoms with Gasteiger partial charge < -0.3 is 14.8 Å². The van der Waals surface area contributed by atoms with Gasteiger partial charge in [-0.1, -0.05) is 24.6 Å². The lowest BCUT2D eigenvalue weighted by Gasteiger charge is -2.28. The highest BCUT2D eigenvalue weighted by molar-refractivity contribution is 5.94. The van der Waals surface area contributed by atoms with Crippen LogP contribution in [0.25, 0.3) is 0 Å². The Morgan fingerprint density at radius 2 is 1.94 bits per heavy atom. The van der Waals surface area contributed by atoms with Crippen molar-refractivity contribution in [3.8, 4) is 5.75 Å². The lowest BCUT2D eigenvalue weighted by molar-refractivity contribution is -0.384. The molecule has 0 spiro atoms. The van der Waals surface area contributed by atoms with Crippen LogP contribution in [0.1, 0.15) is 46.4 Å². The number of amides is 1. The summed E-state index contributed by atoms with van der Waals surface area (Å²) in [7, 11) is 0. The van der Waals surface area contributed by atoms with Gasteiger partial charge >= 0.3 is 5.97 Å². The van der Waals surface area contributed by atoms with Crippen LogP contribution in [-0.4, -0.2) is 35.9 Å². The molecule has 1 aliphatic carbocycles. The van der Waals surface area contributed by atoms with Gasteiger partial charge in [0.2, 0.25) is 6.79 Å². The smallest absolute Gasteiger partial charge is 0.311 e. The van der Waals surface area contributed by atoms with Crippen molar-refractivity contribution in [3.05, 3.63) is 69.8 Å². The first kappa shape index (κ1) is 21.9. The Morgan fingerprint density at radius 3 is 2.65 bits per heavy atom. The van der Waals surface area contributed by atoms with Crippen molar-refractivity contribution in [1.82, 2.24) is 5.32 Å². The van der Waals surface area contributed by atoms with Crippen LogP contribution >= 0.6 is 0 Å². The molecule has 0 unspecified atom stereocenters. The van der Waals surface area contributed by atoms with Gasteiger partial charge in [0.05, 0.1) is 16.4 Å². The Labute approximate surface area is 178 Å². The normalized spacial score (nSPS) is 17.9. The van der Waals surface area contributed by atoms with Gasteiger partial charge in [-0.3, -0.25) is 24.5 Å². The van der Waals surface area contributed by atoms with Crippen molar-refractivity contribution in [2.75, 3.05) is 6.79 Å². The van der Waals surface area contributed by atoms with Crippen molar-refractivity contribution in [3.63, 3.8) is 0 Å². The van der Waals surface area contributed by atoms with Crippen molar-refractivity contribution in [2.24, 2.45) is 5.92 Å². The summed E-state index contributed by atoms with van der Waals surface area (Å²) in [4.78, 5) is 46.0. The average molecular weight is 426 g/mol. The molecule has 31 heavy (non-hydrogen) atoms. The summed E-state index contributed by atoms with van der Waals surface area (Å²) in [6.07, 6.45) is 3.11. The second-order valence-corrected chi connectivity index (χ2v) is 7.22. The number of esters is 1. The molecule has 9 nitrogen and oxygen atoms in total. The van der Waals surface area contributed by atoms with Gasteiger partial charge in [0.15, 0.2) is 6.29 Å². The third-order valence-corrected chi connectivity index (χ3v) is 5.13. The topological polar surface area (TPSA) is 125 Å². The second kappa shape index (κ2) is 10.3. The summed E-state index contributed by atoms with van der Waals surface area (Å²) in [5.74, 6) is -0.915. The zero-order chi connectivity index (χ0) is 22.2. The number of hydrogen-bond donors (Lipinski definition) is 1. The Balaban J connectivity index is 1.50. The molecule has 0 radical (unpaired) electrons. The fraction of sp³-hybridized carbons (Fsp3) is 0.318. The van der Waals surface area contributed by atoms with Crippen LogP contribution in [0.4, 0.5) is 5.69 Å². The summed E-state index contributed by atoms with van der Waals surface area (Å²) in [6.45, 7) is -0.422. The van der Waals surface area contributed by atoms with Crippen LogP contribution in [0.5, 0.6) is 5.75 Å². The van der Waals surface area contributed by atoms with E-state index in [0.29, 0.717) is 24.7 Å². The van der Waals surface area contributed by atoms with Gasteiger partial charge in [-0.2, -0.15) is 0 Å². The highest BCUT2D eigenvalue weighted by Gasteiger charge is 2.29. The predicted octanol–water partition coefficient (Wildman–Crippen LogP) is 3.28. The largest absolute Gasteiger partial charge is 0.457 e. The third kappa shape index (κ3) is 5.88. The Kier molecular flexibility index (Phi) is 7.31.